The molecular formula is C21H14ClNO. The molecule has 0 saturated heterocycles. The summed E-state index contributed by atoms with van der Waals surface area (Å²) < 4.78 is 0. The number of fused-ring (bicyclic) bond motifs is 1. The number of hydrogen-bond donors (Lipinski definition) is 1. The van der Waals surface area contributed by atoms with Crippen molar-refractivity contribution >= 4 is 22.4 Å². The van der Waals surface area contributed by atoms with Crippen LogP contribution in [-0.4, -0.2) is 4.98 Å². The molecule has 0 atom stereocenters. The predicted octanol–water partition coefficient (Wildman–Crippen LogP) is 5.52. The lowest BCUT2D eigenvalue weighted by atomic mass is 9.94. The smallest absolute Gasteiger partial charge is 0.256 e. The van der Waals surface area contributed by atoms with Crippen molar-refractivity contribution in [3.05, 3.63) is 94.2 Å². The first kappa shape index (κ1) is 14.7. The van der Waals surface area contributed by atoms with E-state index in [9.17, 15) is 4.79 Å². The molecule has 4 rings (SSSR count). The van der Waals surface area contributed by atoms with E-state index in [1.54, 1.807) is 12.1 Å². The van der Waals surface area contributed by atoms with Crippen LogP contribution in [0.25, 0.3) is 33.2 Å². The fourth-order valence-corrected chi connectivity index (χ4v) is 3.20. The molecule has 0 bridgehead atoms. The molecule has 0 saturated carbocycles. The zero-order valence-electron chi connectivity index (χ0n) is 12.8. The Morgan fingerprint density at radius 3 is 2.00 bits per heavy atom. The van der Waals surface area contributed by atoms with E-state index < -0.39 is 0 Å². The van der Waals surface area contributed by atoms with E-state index >= 15 is 0 Å². The van der Waals surface area contributed by atoms with E-state index in [1.165, 1.54) is 0 Å². The topological polar surface area (TPSA) is 32.9 Å². The number of halogens is 1. The van der Waals surface area contributed by atoms with Gasteiger partial charge in [-0.2, -0.15) is 0 Å². The van der Waals surface area contributed by atoms with E-state index in [0.717, 1.165) is 27.8 Å². The van der Waals surface area contributed by atoms with Gasteiger partial charge in [-0.15, -0.1) is 0 Å². The third kappa shape index (κ3) is 2.51. The van der Waals surface area contributed by atoms with Gasteiger partial charge in [0, 0.05) is 16.0 Å². The van der Waals surface area contributed by atoms with E-state index in [1.807, 2.05) is 66.7 Å². The van der Waals surface area contributed by atoms with Gasteiger partial charge in [-0.1, -0.05) is 72.3 Å². The van der Waals surface area contributed by atoms with Crippen LogP contribution in [0, 0.1) is 0 Å². The molecule has 0 unspecified atom stereocenters. The number of nitrogens with one attached hydrogen (secondary N) is 1. The van der Waals surface area contributed by atoms with Gasteiger partial charge in [0.2, 0.25) is 0 Å². The second kappa shape index (κ2) is 5.99. The number of aromatic amines is 1. The molecule has 0 aliphatic carbocycles. The number of H-pyrrole nitrogens is 1. The number of benzene rings is 3. The molecule has 3 heteroatoms. The molecular weight excluding hydrogens is 318 g/mol. The second-order valence-electron chi connectivity index (χ2n) is 5.63. The molecule has 0 radical (unpaired) electrons. The van der Waals surface area contributed by atoms with Gasteiger partial charge < -0.3 is 4.98 Å². The minimum Gasteiger partial charge on any atom is -0.321 e. The molecule has 1 N–H and O–H groups in total. The maximum absolute atomic E-state index is 12.6. The summed E-state index contributed by atoms with van der Waals surface area (Å²) >= 11 is 6.22. The van der Waals surface area contributed by atoms with Gasteiger partial charge in [0.15, 0.2) is 0 Å². The Bertz CT molecular complexity index is 1070. The van der Waals surface area contributed by atoms with Crippen LogP contribution < -0.4 is 5.56 Å². The van der Waals surface area contributed by atoms with Crippen molar-refractivity contribution in [3.8, 4) is 22.4 Å². The first-order valence-electron chi connectivity index (χ1n) is 7.70. The SMILES string of the molecule is O=c1[nH]c(-c2ccccc2)c(-c2ccccc2)c2cc(Cl)ccc12. The van der Waals surface area contributed by atoms with Crippen LogP contribution in [0.15, 0.2) is 83.7 Å². The van der Waals surface area contributed by atoms with Crippen molar-refractivity contribution in [2.45, 2.75) is 0 Å². The van der Waals surface area contributed by atoms with Gasteiger partial charge in [0.05, 0.1) is 5.69 Å². The molecule has 0 aliphatic rings. The van der Waals surface area contributed by atoms with Crippen LogP contribution >= 0.6 is 11.6 Å². The summed E-state index contributed by atoms with van der Waals surface area (Å²) in [6, 6.07) is 25.3. The van der Waals surface area contributed by atoms with E-state index in [2.05, 4.69) is 4.98 Å². The van der Waals surface area contributed by atoms with Crippen molar-refractivity contribution in [1.82, 2.24) is 4.98 Å². The van der Waals surface area contributed by atoms with Crippen molar-refractivity contribution in [2.24, 2.45) is 0 Å². The van der Waals surface area contributed by atoms with Crippen molar-refractivity contribution in [3.63, 3.8) is 0 Å². The van der Waals surface area contributed by atoms with E-state index in [-0.39, 0.29) is 5.56 Å². The van der Waals surface area contributed by atoms with Gasteiger partial charge >= 0.3 is 0 Å². The highest BCUT2D eigenvalue weighted by atomic mass is 35.5. The van der Waals surface area contributed by atoms with Crippen molar-refractivity contribution in [2.75, 3.05) is 0 Å². The predicted molar refractivity (Wildman–Crippen MR) is 100 cm³/mol. The molecule has 1 heterocycles. The second-order valence-corrected chi connectivity index (χ2v) is 6.06. The molecule has 24 heavy (non-hydrogen) atoms. The zero-order valence-corrected chi connectivity index (χ0v) is 13.5. The third-order valence-electron chi connectivity index (χ3n) is 4.11. The molecule has 116 valence electrons. The summed E-state index contributed by atoms with van der Waals surface area (Å²) in [4.78, 5) is 15.6. The van der Waals surface area contributed by atoms with Crippen LogP contribution in [0.2, 0.25) is 5.02 Å². The Labute approximate surface area is 144 Å². The molecule has 0 spiro atoms. The Kier molecular flexibility index (Phi) is 3.68. The van der Waals surface area contributed by atoms with Gasteiger partial charge in [-0.3, -0.25) is 4.79 Å². The summed E-state index contributed by atoms with van der Waals surface area (Å²) in [6.07, 6.45) is 0. The minimum absolute atomic E-state index is 0.111. The lowest BCUT2D eigenvalue weighted by molar-refractivity contribution is 1.28. The lowest BCUT2D eigenvalue weighted by Gasteiger charge is -2.14. The van der Waals surface area contributed by atoms with E-state index in [0.29, 0.717) is 10.4 Å². The summed E-state index contributed by atoms with van der Waals surface area (Å²) in [6.45, 7) is 0. The Balaban J connectivity index is 2.18. The minimum atomic E-state index is -0.111. The van der Waals surface area contributed by atoms with Crippen LogP contribution in [0.4, 0.5) is 0 Å². The summed E-state index contributed by atoms with van der Waals surface area (Å²) in [5.41, 5.74) is 3.69. The summed E-state index contributed by atoms with van der Waals surface area (Å²) in [5.74, 6) is 0. The van der Waals surface area contributed by atoms with Crippen LogP contribution in [0.1, 0.15) is 0 Å². The van der Waals surface area contributed by atoms with Crippen LogP contribution in [-0.2, 0) is 0 Å². The highest BCUT2D eigenvalue weighted by molar-refractivity contribution is 6.31. The maximum atomic E-state index is 12.6. The maximum Gasteiger partial charge on any atom is 0.256 e. The Hall–Kier alpha value is -2.84. The normalized spacial score (nSPS) is 10.9. The largest absolute Gasteiger partial charge is 0.321 e. The fourth-order valence-electron chi connectivity index (χ4n) is 3.03. The summed E-state index contributed by atoms with van der Waals surface area (Å²) in [7, 11) is 0. The number of pyridine rings is 1. The molecule has 0 aliphatic heterocycles. The van der Waals surface area contributed by atoms with Gasteiger partial charge in [0.25, 0.3) is 5.56 Å². The average Bonchev–Trinajstić information content (AvgIpc) is 2.63. The molecule has 1 aromatic heterocycles. The molecule has 4 aromatic rings. The fraction of sp³-hybridized carbons (Fsp3) is 0. The zero-order chi connectivity index (χ0) is 16.5. The van der Waals surface area contributed by atoms with Gasteiger partial charge in [-0.25, -0.2) is 0 Å². The van der Waals surface area contributed by atoms with Crippen LogP contribution in [0.3, 0.4) is 0 Å². The van der Waals surface area contributed by atoms with Crippen molar-refractivity contribution in [1.29, 1.82) is 0 Å². The monoisotopic (exact) mass is 331 g/mol. The summed E-state index contributed by atoms with van der Waals surface area (Å²) in [5, 5.41) is 2.11. The average molecular weight is 332 g/mol. The highest BCUT2D eigenvalue weighted by Crippen LogP contribution is 2.35. The van der Waals surface area contributed by atoms with Crippen molar-refractivity contribution < 1.29 is 0 Å². The van der Waals surface area contributed by atoms with E-state index in [4.69, 9.17) is 11.6 Å². The standard InChI is InChI=1S/C21H14ClNO/c22-16-11-12-17-18(13-16)19(14-7-3-1-4-8-14)20(23-21(17)24)15-9-5-2-6-10-15/h1-13H,(H,23,24). The highest BCUT2D eigenvalue weighted by Gasteiger charge is 2.15. The number of aromatic nitrogens is 1. The van der Waals surface area contributed by atoms with Gasteiger partial charge in [-0.05, 0) is 34.7 Å². The quantitative estimate of drug-likeness (QED) is 0.515. The number of hydrogen-bond acceptors (Lipinski definition) is 1. The Morgan fingerprint density at radius 2 is 1.33 bits per heavy atom. The third-order valence-corrected chi connectivity index (χ3v) is 4.34. The molecule has 0 fully saturated rings. The van der Waals surface area contributed by atoms with Gasteiger partial charge in [0.1, 0.15) is 0 Å². The Morgan fingerprint density at radius 1 is 0.708 bits per heavy atom. The molecule has 0 amide bonds. The molecule has 2 nitrogen and oxygen atoms in total. The number of rotatable bonds is 2. The lowest BCUT2D eigenvalue weighted by Crippen LogP contribution is -2.09. The first-order chi connectivity index (χ1) is 11.7. The first-order valence-corrected chi connectivity index (χ1v) is 8.08. The van der Waals surface area contributed by atoms with Crippen LogP contribution in [0.5, 0.6) is 0 Å². The molecule has 3 aromatic carbocycles.